The van der Waals surface area contributed by atoms with E-state index in [4.69, 9.17) is 4.74 Å². The number of alkyl halides is 3. The Kier molecular flexibility index (Phi) is 6.56. The molecule has 2 rings (SSSR count). The zero-order valence-corrected chi connectivity index (χ0v) is 17.4. The molecule has 1 aliphatic rings. The minimum absolute atomic E-state index is 0.101. The maximum absolute atomic E-state index is 13.5. The van der Waals surface area contributed by atoms with Crippen LogP contribution < -0.4 is 5.32 Å². The Balaban J connectivity index is 2.26. The monoisotopic (exact) mass is 434 g/mol. The Bertz CT molecular complexity index is 850. The average molecular weight is 434 g/mol. The molecular weight excluding hydrogens is 412 g/mol. The first-order valence-corrected chi connectivity index (χ1v) is 9.63. The Morgan fingerprint density at radius 1 is 1.28 bits per heavy atom. The topological polar surface area (TPSA) is 58.6 Å². The van der Waals surface area contributed by atoms with Crippen LogP contribution in [0.3, 0.4) is 0 Å². The first kappa shape index (κ1) is 23.1. The number of ether oxygens (including phenoxy) is 1. The predicted molar refractivity (Wildman–Crippen MR) is 102 cm³/mol. The van der Waals surface area contributed by atoms with E-state index in [1.54, 1.807) is 6.92 Å². The lowest BCUT2D eigenvalue weighted by Crippen LogP contribution is -2.57. The number of allylic oxidation sites excluding steroid dienone is 1. The second-order valence-corrected chi connectivity index (χ2v) is 8.85. The van der Waals surface area contributed by atoms with Crippen molar-refractivity contribution in [3.63, 3.8) is 0 Å². The number of carbonyl (C=O) groups excluding carboxylic acids is 2. The third kappa shape index (κ3) is 5.04. The Morgan fingerprint density at radius 2 is 1.90 bits per heavy atom. The van der Waals surface area contributed by atoms with Gasteiger partial charge in [0.15, 0.2) is 6.73 Å². The summed E-state index contributed by atoms with van der Waals surface area (Å²) in [5.41, 5.74) is -3.15. The number of rotatable bonds is 5. The lowest BCUT2D eigenvalue weighted by atomic mass is 10.0. The molecule has 0 radical (unpaired) electrons. The average Bonchev–Trinajstić information content (AvgIpc) is 2.58. The van der Waals surface area contributed by atoms with Gasteiger partial charge in [0.2, 0.25) is 5.91 Å². The molecule has 0 bridgehead atoms. The summed E-state index contributed by atoms with van der Waals surface area (Å²) in [6.07, 6.45) is -4.90. The predicted octanol–water partition coefficient (Wildman–Crippen LogP) is 4.75. The van der Waals surface area contributed by atoms with Gasteiger partial charge < -0.3 is 10.1 Å². The molecule has 1 aromatic rings. The fourth-order valence-corrected chi connectivity index (χ4v) is 3.48. The van der Waals surface area contributed by atoms with Gasteiger partial charge in [-0.15, -0.1) is 11.8 Å². The van der Waals surface area contributed by atoms with Gasteiger partial charge in [-0.25, -0.2) is 4.39 Å². The molecule has 1 aromatic carbocycles. The van der Waals surface area contributed by atoms with Crippen molar-refractivity contribution in [3.05, 3.63) is 40.2 Å². The molecule has 0 aliphatic carbocycles. The highest BCUT2D eigenvalue weighted by molar-refractivity contribution is 8.04. The van der Waals surface area contributed by atoms with Crippen molar-refractivity contribution in [2.75, 3.05) is 12.0 Å². The van der Waals surface area contributed by atoms with Crippen molar-refractivity contribution in [1.82, 2.24) is 4.90 Å². The van der Waals surface area contributed by atoms with Crippen LogP contribution in [0.1, 0.15) is 40.2 Å². The fourth-order valence-electron chi connectivity index (χ4n) is 2.57. The molecule has 29 heavy (non-hydrogen) atoms. The van der Waals surface area contributed by atoms with Gasteiger partial charge >= 0.3 is 6.18 Å². The van der Waals surface area contributed by atoms with Gasteiger partial charge in [-0.2, -0.15) is 13.2 Å². The second kappa shape index (κ2) is 8.25. The molecule has 0 spiro atoms. The highest BCUT2D eigenvalue weighted by atomic mass is 32.2. The molecule has 0 saturated carbocycles. The molecule has 0 atom stereocenters. The van der Waals surface area contributed by atoms with Gasteiger partial charge in [-0.1, -0.05) is 13.8 Å². The first-order valence-electron chi connectivity index (χ1n) is 8.75. The number of halogens is 4. The Labute approximate surface area is 170 Å². The molecule has 1 N–H and O–H groups in total. The van der Waals surface area contributed by atoms with Crippen molar-refractivity contribution in [3.8, 4) is 0 Å². The first-order chi connectivity index (χ1) is 13.2. The van der Waals surface area contributed by atoms with Crippen molar-refractivity contribution in [1.29, 1.82) is 0 Å². The van der Waals surface area contributed by atoms with Crippen LogP contribution in [0.5, 0.6) is 0 Å². The minimum atomic E-state index is -4.90. The molecular formula is C19H22F4N2O3S. The molecule has 160 valence electrons. The number of anilines is 1. The van der Waals surface area contributed by atoms with Crippen LogP contribution in [0.15, 0.2) is 28.9 Å². The van der Waals surface area contributed by atoms with Crippen LogP contribution >= 0.6 is 11.8 Å². The van der Waals surface area contributed by atoms with Gasteiger partial charge in [0, 0.05) is 10.9 Å². The number of hydrogen-bond donors (Lipinski definition) is 1. The molecule has 0 saturated heterocycles. The smallest absolute Gasteiger partial charge is 0.419 e. The lowest BCUT2D eigenvalue weighted by Gasteiger charge is -2.40. The maximum atomic E-state index is 13.5. The summed E-state index contributed by atoms with van der Waals surface area (Å²) >= 11 is 1.30. The molecule has 1 aliphatic heterocycles. The van der Waals surface area contributed by atoms with E-state index in [1.807, 2.05) is 13.8 Å². The highest BCUT2D eigenvalue weighted by Crippen LogP contribution is 2.35. The normalized spacial score (nSPS) is 15.7. The number of thioether (sulfide) groups is 1. The zero-order chi connectivity index (χ0) is 22.1. The van der Waals surface area contributed by atoms with E-state index < -0.39 is 34.9 Å². The molecule has 0 aromatic heterocycles. The number of nitrogens with zero attached hydrogens (tertiary/aromatic N) is 1. The van der Waals surface area contributed by atoms with Crippen LogP contribution in [0, 0.1) is 5.82 Å². The maximum Gasteiger partial charge on any atom is 0.419 e. The summed E-state index contributed by atoms with van der Waals surface area (Å²) in [6.45, 7) is 8.20. The minimum Gasteiger partial charge on any atom is -0.476 e. The SMILES string of the molecule is CC1=C(SC(C)C)C(=O)N(C(C)(C)C(=O)Nc2ccc(F)c(C(F)(F)F)c2)CO1. The van der Waals surface area contributed by atoms with Gasteiger partial charge in [0.25, 0.3) is 5.91 Å². The number of amides is 2. The lowest BCUT2D eigenvalue weighted by molar-refractivity contribution is -0.148. The third-order valence-electron chi connectivity index (χ3n) is 4.28. The number of nitrogens with one attached hydrogen (secondary N) is 1. The molecule has 0 unspecified atom stereocenters. The molecule has 2 amide bonds. The van der Waals surface area contributed by atoms with Crippen LogP contribution in [0.4, 0.5) is 23.2 Å². The molecule has 5 nitrogen and oxygen atoms in total. The van der Waals surface area contributed by atoms with Gasteiger partial charge in [0.05, 0.1) is 5.56 Å². The summed E-state index contributed by atoms with van der Waals surface area (Å²) in [7, 11) is 0. The standard InChI is InChI=1S/C19H22F4N2O3S/c1-10(2)29-15-11(3)28-9-25(16(15)26)18(4,5)17(27)24-12-6-7-14(20)13(8-12)19(21,22)23/h6-8,10H,9H2,1-5H3,(H,24,27). The summed E-state index contributed by atoms with van der Waals surface area (Å²) in [4.78, 5) is 27.2. The van der Waals surface area contributed by atoms with E-state index in [9.17, 15) is 27.2 Å². The van der Waals surface area contributed by atoms with Crippen molar-refractivity contribution in [2.45, 2.75) is 51.6 Å². The highest BCUT2D eigenvalue weighted by Gasteiger charge is 2.42. The van der Waals surface area contributed by atoms with E-state index in [0.29, 0.717) is 22.8 Å². The van der Waals surface area contributed by atoms with Crippen LogP contribution in [0.2, 0.25) is 0 Å². The third-order valence-corrected chi connectivity index (χ3v) is 5.45. The zero-order valence-electron chi connectivity index (χ0n) is 16.6. The van der Waals surface area contributed by atoms with E-state index >= 15 is 0 Å². The number of hydrogen-bond acceptors (Lipinski definition) is 4. The summed E-state index contributed by atoms with van der Waals surface area (Å²) in [6, 6.07) is 2.17. The quantitative estimate of drug-likeness (QED) is 0.680. The van der Waals surface area contributed by atoms with Crippen LogP contribution in [-0.2, 0) is 20.5 Å². The van der Waals surface area contributed by atoms with Crippen molar-refractivity contribution >= 4 is 29.3 Å². The van der Waals surface area contributed by atoms with Crippen LogP contribution in [0.25, 0.3) is 0 Å². The Morgan fingerprint density at radius 3 is 2.45 bits per heavy atom. The Hall–Kier alpha value is -2.23. The summed E-state index contributed by atoms with van der Waals surface area (Å²) in [5.74, 6) is -2.12. The van der Waals surface area contributed by atoms with Gasteiger partial charge in [-0.05, 0) is 39.0 Å². The van der Waals surface area contributed by atoms with E-state index in [0.717, 1.165) is 6.07 Å². The molecule has 10 heteroatoms. The van der Waals surface area contributed by atoms with Crippen molar-refractivity contribution < 1.29 is 31.9 Å². The summed E-state index contributed by atoms with van der Waals surface area (Å²) in [5, 5.41) is 2.43. The number of benzene rings is 1. The van der Waals surface area contributed by atoms with E-state index in [2.05, 4.69) is 5.32 Å². The van der Waals surface area contributed by atoms with Gasteiger partial charge in [-0.3, -0.25) is 14.5 Å². The van der Waals surface area contributed by atoms with Gasteiger partial charge in [0.1, 0.15) is 22.0 Å². The van der Waals surface area contributed by atoms with Crippen LogP contribution in [-0.4, -0.2) is 34.2 Å². The van der Waals surface area contributed by atoms with E-state index in [-0.39, 0.29) is 17.7 Å². The molecule has 0 fully saturated rings. The fraction of sp³-hybridized carbons (Fsp3) is 0.474. The van der Waals surface area contributed by atoms with Crippen molar-refractivity contribution in [2.24, 2.45) is 0 Å². The summed E-state index contributed by atoms with van der Waals surface area (Å²) < 4.78 is 57.7. The molecule has 1 heterocycles. The second-order valence-electron chi connectivity index (χ2n) is 7.26. The largest absolute Gasteiger partial charge is 0.476 e. The van der Waals surface area contributed by atoms with E-state index in [1.165, 1.54) is 30.5 Å². The number of carbonyl (C=O) groups is 2.